The van der Waals surface area contributed by atoms with E-state index in [0.717, 1.165) is 22.5 Å². The molecule has 0 N–H and O–H groups in total. The van der Waals surface area contributed by atoms with Gasteiger partial charge in [-0.05, 0) is 12.1 Å². The number of alkyl halides is 6. The van der Waals surface area contributed by atoms with Crippen molar-refractivity contribution in [3.63, 3.8) is 0 Å². The first-order chi connectivity index (χ1) is 10.2. The van der Waals surface area contributed by atoms with Crippen LogP contribution < -0.4 is 0 Å². The van der Waals surface area contributed by atoms with E-state index in [-0.39, 0.29) is 26.3 Å². The van der Waals surface area contributed by atoms with Crippen LogP contribution in [-0.2, 0) is 21.8 Å². The topological polar surface area (TPSA) is 24.8 Å². The number of nitrogens with zero attached hydrogens (tertiary/aromatic N) is 2. The first-order valence-corrected chi connectivity index (χ1v) is 7.35. The van der Waals surface area contributed by atoms with Crippen molar-refractivity contribution in [2.75, 3.05) is 26.3 Å². The molecule has 1 atom stereocenters. The molecule has 0 radical (unpaired) electrons. The van der Waals surface area contributed by atoms with Crippen molar-refractivity contribution >= 4 is 16.6 Å². The van der Waals surface area contributed by atoms with Crippen LogP contribution >= 0.6 is 0 Å². The van der Waals surface area contributed by atoms with Crippen molar-refractivity contribution in [2.45, 2.75) is 11.7 Å². The van der Waals surface area contributed by atoms with Crippen molar-refractivity contribution in [1.29, 1.82) is 0 Å². The van der Waals surface area contributed by atoms with Gasteiger partial charge in [0.05, 0.1) is 35.3 Å². The Bertz CT molecular complexity index is 551. The van der Waals surface area contributed by atoms with E-state index in [4.69, 9.17) is 4.74 Å². The number of ether oxygens (including phenoxy) is 1. The zero-order valence-corrected chi connectivity index (χ0v) is 11.9. The van der Waals surface area contributed by atoms with Crippen LogP contribution in [-0.4, -0.2) is 36.1 Å². The predicted octanol–water partition coefficient (Wildman–Crippen LogP) is 3.91. The van der Waals surface area contributed by atoms with Crippen LogP contribution in [0.4, 0.5) is 32.0 Å². The van der Waals surface area contributed by atoms with Gasteiger partial charge in [0.25, 0.3) is 0 Å². The van der Waals surface area contributed by atoms with Gasteiger partial charge in [-0.2, -0.15) is 26.3 Å². The lowest BCUT2D eigenvalue weighted by molar-refractivity contribution is -0.137. The fourth-order valence-corrected chi connectivity index (χ4v) is 3.21. The summed E-state index contributed by atoms with van der Waals surface area (Å²) in [4.78, 5) is 0. The smallest absolute Gasteiger partial charge is 0.379 e. The maximum absolute atomic E-state index is 13.2. The predicted molar refractivity (Wildman–Crippen MR) is 69.3 cm³/mol. The molecule has 1 unspecified atom stereocenters. The number of hydrogen-bond donors (Lipinski definition) is 0. The Morgan fingerprint density at radius 1 is 1.00 bits per heavy atom. The molecule has 0 spiro atoms. The van der Waals surface area contributed by atoms with Crippen LogP contribution in [0.2, 0.25) is 0 Å². The second kappa shape index (κ2) is 6.55. The lowest BCUT2D eigenvalue weighted by atomic mass is 10.2. The van der Waals surface area contributed by atoms with Gasteiger partial charge in [0.15, 0.2) is 0 Å². The molecule has 0 aromatic heterocycles. The molecule has 2 rings (SSSR count). The van der Waals surface area contributed by atoms with E-state index in [2.05, 4.69) is 4.36 Å². The first-order valence-electron chi connectivity index (χ1n) is 6.21. The van der Waals surface area contributed by atoms with E-state index in [1.807, 2.05) is 0 Å². The number of halogens is 6. The van der Waals surface area contributed by atoms with E-state index in [0.29, 0.717) is 0 Å². The summed E-state index contributed by atoms with van der Waals surface area (Å²) in [7, 11) is -2.65. The molecule has 1 aliphatic heterocycles. The first kappa shape index (κ1) is 17.2. The van der Waals surface area contributed by atoms with E-state index < -0.39 is 33.8 Å². The van der Waals surface area contributed by atoms with Gasteiger partial charge in [-0.1, -0.05) is 12.1 Å². The van der Waals surface area contributed by atoms with Gasteiger partial charge < -0.3 is 4.74 Å². The fourth-order valence-electron chi connectivity index (χ4n) is 1.86. The summed E-state index contributed by atoms with van der Waals surface area (Å²) in [6.07, 6.45) is -4.76. The van der Waals surface area contributed by atoms with E-state index >= 15 is 0 Å². The molecular weight excluding hydrogens is 334 g/mol. The molecule has 124 valence electrons. The Balaban J connectivity index is 2.46. The number of morpholine rings is 1. The molecule has 1 fully saturated rings. The van der Waals surface area contributed by atoms with Gasteiger partial charge >= 0.3 is 11.7 Å². The highest BCUT2D eigenvalue weighted by Gasteiger charge is 2.40. The molecular formula is C12H12F6N2OS. The third-order valence-electron chi connectivity index (χ3n) is 2.82. The number of hydrogen-bond acceptors (Lipinski definition) is 2. The Labute approximate surface area is 125 Å². The Hall–Kier alpha value is -1.13. The molecule has 0 amide bonds. The highest BCUT2D eigenvalue weighted by atomic mass is 32.2. The van der Waals surface area contributed by atoms with Gasteiger partial charge in [0.2, 0.25) is 0 Å². The Morgan fingerprint density at radius 3 is 2.14 bits per heavy atom. The zero-order chi connectivity index (χ0) is 16.4. The normalized spacial score (nSPS) is 19.4. The van der Waals surface area contributed by atoms with Crippen molar-refractivity contribution in [3.05, 3.63) is 29.8 Å². The van der Waals surface area contributed by atoms with Crippen molar-refractivity contribution < 1.29 is 31.1 Å². The van der Waals surface area contributed by atoms with E-state index in [1.54, 1.807) is 0 Å². The minimum Gasteiger partial charge on any atom is -0.379 e. The quantitative estimate of drug-likeness (QED) is 0.759. The molecule has 1 aromatic carbocycles. The summed E-state index contributed by atoms with van der Waals surface area (Å²) >= 11 is 0. The Morgan fingerprint density at radius 2 is 1.59 bits per heavy atom. The van der Waals surface area contributed by atoms with E-state index in [9.17, 15) is 26.3 Å². The lowest BCUT2D eigenvalue weighted by Gasteiger charge is -2.29. The fraction of sp³-hybridized carbons (Fsp3) is 0.500. The van der Waals surface area contributed by atoms with Gasteiger partial charge in [0.1, 0.15) is 0 Å². The van der Waals surface area contributed by atoms with Gasteiger partial charge in [-0.15, -0.1) is 0 Å². The maximum atomic E-state index is 13.2. The van der Waals surface area contributed by atoms with Gasteiger partial charge in [-0.25, -0.2) is 8.67 Å². The molecule has 1 heterocycles. The standard InChI is InChI=1S/C12H12F6N2OS/c13-11(14,15)9-3-1-2-4-10(9)19-22(12(16,17)18)20-5-7-21-8-6-20/h1-4H,5-8H2. The van der Waals surface area contributed by atoms with Crippen LogP contribution in [0.25, 0.3) is 0 Å². The minimum atomic E-state index is -4.76. The molecule has 1 aliphatic rings. The summed E-state index contributed by atoms with van der Waals surface area (Å²) in [5.74, 6) is 0. The highest BCUT2D eigenvalue weighted by Crippen LogP contribution is 2.38. The monoisotopic (exact) mass is 346 g/mol. The van der Waals surface area contributed by atoms with E-state index in [1.165, 1.54) is 6.07 Å². The second-order valence-corrected chi connectivity index (χ2v) is 6.05. The Kier molecular flexibility index (Phi) is 5.13. The minimum absolute atomic E-state index is 0.0275. The largest absolute Gasteiger partial charge is 0.466 e. The molecule has 22 heavy (non-hydrogen) atoms. The molecule has 0 aliphatic carbocycles. The zero-order valence-electron chi connectivity index (χ0n) is 11.1. The summed E-state index contributed by atoms with van der Waals surface area (Å²) in [6.45, 7) is 0.132. The summed E-state index contributed by atoms with van der Waals surface area (Å²) in [6, 6.07) is 4.00. The molecule has 3 nitrogen and oxygen atoms in total. The molecule has 10 heteroatoms. The summed E-state index contributed by atoms with van der Waals surface area (Å²) in [5, 5.41) is 0. The number of benzene rings is 1. The van der Waals surface area contributed by atoms with Crippen LogP contribution in [0.15, 0.2) is 28.6 Å². The number of rotatable bonds is 2. The van der Waals surface area contributed by atoms with Crippen LogP contribution in [0.5, 0.6) is 0 Å². The summed E-state index contributed by atoms with van der Waals surface area (Å²) < 4.78 is 87.5. The van der Waals surface area contributed by atoms with Crippen molar-refractivity contribution in [1.82, 2.24) is 4.31 Å². The SMILES string of the molecule is FC(F)(F)c1ccccc1N=S(N1CCOCC1)C(F)(F)F. The van der Waals surface area contributed by atoms with Crippen molar-refractivity contribution in [3.8, 4) is 0 Å². The molecule has 0 saturated carbocycles. The van der Waals surface area contributed by atoms with Gasteiger partial charge in [0, 0.05) is 13.1 Å². The maximum Gasteiger partial charge on any atom is 0.466 e. The van der Waals surface area contributed by atoms with Gasteiger partial charge in [-0.3, -0.25) is 0 Å². The highest BCUT2D eigenvalue weighted by molar-refractivity contribution is 7.86. The molecule has 1 aromatic rings. The third-order valence-corrected chi connectivity index (χ3v) is 4.45. The average Bonchev–Trinajstić information content (AvgIpc) is 2.44. The van der Waals surface area contributed by atoms with Crippen molar-refractivity contribution in [2.24, 2.45) is 4.36 Å². The third kappa shape index (κ3) is 4.20. The van der Waals surface area contributed by atoms with Crippen LogP contribution in [0, 0.1) is 0 Å². The van der Waals surface area contributed by atoms with Crippen LogP contribution in [0.1, 0.15) is 5.56 Å². The second-order valence-electron chi connectivity index (χ2n) is 4.36. The summed E-state index contributed by atoms with van der Waals surface area (Å²) in [5.41, 5.74) is -6.62. The molecule has 1 saturated heterocycles. The average molecular weight is 346 g/mol. The molecule has 0 bridgehead atoms. The van der Waals surface area contributed by atoms with Crippen LogP contribution in [0.3, 0.4) is 0 Å². The lowest BCUT2D eigenvalue weighted by Crippen LogP contribution is -2.42.